The van der Waals surface area contributed by atoms with Gasteiger partial charge in [-0.05, 0) is 6.42 Å². The molecule has 0 amide bonds. The van der Waals surface area contributed by atoms with Crippen LogP contribution in [0.1, 0.15) is 18.3 Å². The molecule has 0 atom stereocenters. The van der Waals surface area contributed by atoms with Gasteiger partial charge in [0.2, 0.25) is 0 Å². The molecule has 0 aliphatic carbocycles. The molecule has 0 aliphatic rings. The third kappa shape index (κ3) is 1.92. The molecule has 0 bridgehead atoms. The molecule has 0 unspecified atom stereocenters. The highest BCUT2D eigenvalue weighted by Gasteiger charge is 1.98. The van der Waals surface area contributed by atoms with E-state index in [1.54, 1.807) is 13.3 Å². The summed E-state index contributed by atoms with van der Waals surface area (Å²) in [5.41, 5.74) is 0.634. The van der Waals surface area contributed by atoms with E-state index in [4.69, 9.17) is 4.74 Å². The molecule has 1 N–H and O–H groups in total. The van der Waals surface area contributed by atoms with E-state index in [1.807, 2.05) is 6.92 Å². The number of methoxy groups -OCH3 is 1. The SMILES string of the molecule is CCc1cnc(COC)[nH]c1=O. The van der Waals surface area contributed by atoms with Crippen molar-refractivity contribution in [3.8, 4) is 0 Å². The highest BCUT2D eigenvalue weighted by molar-refractivity contribution is 5.04. The summed E-state index contributed by atoms with van der Waals surface area (Å²) in [7, 11) is 1.56. The van der Waals surface area contributed by atoms with Crippen LogP contribution < -0.4 is 5.56 Å². The van der Waals surface area contributed by atoms with Crippen LogP contribution in [-0.2, 0) is 17.8 Å². The first kappa shape index (κ1) is 8.93. The summed E-state index contributed by atoms with van der Waals surface area (Å²) in [6, 6.07) is 0. The zero-order chi connectivity index (χ0) is 8.97. The Morgan fingerprint density at radius 1 is 1.67 bits per heavy atom. The van der Waals surface area contributed by atoms with Crippen molar-refractivity contribution in [2.75, 3.05) is 7.11 Å². The van der Waals surface area contributed by atoms with Crippen molar-refractivity contribution in [3.63, 3.8) is 0 Å². The molecule has 12 heavy (non-hydrogen) atoms. The van der Waals surface area contributed by atoms with E-state index in [2.05, 4.69) is 9.97 Å². The Bertz CT molecular complexity index is 306. The first-order valence-corrected chi connectivity index (χ1v) is 3.84. The summed E-state index contributed by atoms with van der Waals surface area (Å²) in [4.78, 5) is 17.9. The van der Waals surface area contributed by atoms with E-state index in [1.165, 1.54) is 0 Å². The summed E-state index contributed by atoms with van der Waals surface area (Å²) in [6.45, 7) is 2.27. The summed E-state index contributed by atoms with van der Waals surface area (Å²) < 4.78 is 4.82. The maximum Gasteiger partial charge on any atom is 0.254 e. The fourth-order valence-electron chi connectivity index (χ4n) is 0.920. The average molecular weight is 168 g/mol. The zero-order valence-electron chi connectivity index (χ0n) is 7.26. The number of hydrogen-bond acceptors (Lipinski definition) is 3. The lowest BCUT2D eigenvalue weighted by molar-refractivity contribution is 0.177. The van der Waals surface area contributed by atoms with Gasteiger partial charge in [0.1, 0.15) is 12.4 Å². The number of rotatable bonds is 3. The summed E-state index contributed by atoms with van der Waals surface area (Å²) in [5, 5.41) is 0. The largest absolute Gasteiger partial charge is 0.377 e. The van der Waals surface area contributed by atoms with Gasteiger partial charge in [-0.3, -0.25) is 4.79 Å². The predicted octanol–water partition coefficient (Wildman–Crippen LogP) is 0.479. The van der Waals surface area contributed by atoms with Crippen molar-refractivity contribution in [2.24, 2.45) is 0 Å². The molecule has 0 saturated heterocycles. The van der Waals surface area contributed by atoms with Gasteiger partial charge in [0.25, 0.3) is 5.56 Å². The van der Waals surface area contributed by atoms with Gasteiger partial charge in [-0.2, -0.15) is 0 Å². The van der Waals surface area contributed by atoms with Crippen molar-refractivity contribution in [3.05, 3.63) is 27.9 Å². The number of nitrogens with zero attached hydrogens (tertiary/aromatic N) is 1. The van der Waals surface area contributed by atoms with E-state index in [0.717, 1.165) is 0 Å². The van der Waals surface area contributed by atoms with Crippen LogP contribution in [0.15, 0.2) is 11.0 Å². The fourth-order valence-corrected chi connectivity index (χ4v) is 0.920. The van der Waals surface area contributed by atoms with Gasteiger partial charge in [0.15, 0.2) is 0 Å². The average Bonchev–Trinajstić information content (AvgIpc) is 2.05. The Hall–Kier alpha value is -1.16. The number of nitrogens with one attached hydrogen (secondary N) is 1. The van der Waals surface area contributed by atoms with Crippen LogP contribution in [0.2, 0.25) is 0 Å². The van der Waals surface area contributed by atoms with Crippen molar-refractivity contribution in [1.82, 2.24) is 9.97 Å². The minimum absolute atomic E-state index is 0.0699. The molecule has 0 saturated carbocycles. The lowest BCUT2D eigenvalue weighted by Gasteiger charge is -1.99. The molecule has 0 radical (unpaired) electrons. The minimum atomic E-state index is -0.0699. The maximum absolute atomic E-state index is 11.2. The Balaban J connectivity index is 2.94. The number of H-pyrrole nitrogens is 1. The van der Waals surface area contributed by atoms with E-state index >= 15 is 0 Å². The van der Waals surface area contributed by atoms with E-state index in [9.17, 15) is 4.79 Å². The van der Waals surface area contributed by atoms with Gasteiger partial charge in [0.05, 0.1) is 0 Å². The molecule has 1 aromatic heterocycles. The number of aromatic nitrogens is 2. The molecule has 66 valence electrons. The van der Waals surface area contributed by atoms with Gasteiger partial charge in [-0.1, -0.05) is 6.92 Å². The quantitative estimate of drug-likeness (QED) is 0.714. The topological polar surface area (TPSA) is 55.0 Å². The number of ether oxygens (including phenoxy) is 1. The summed E-state index contributed by atoms with van der Waals surface area (Å²) >= 11 is 0. The molecule has 0 aliphatic heterocycles. The van der Waals surface area contributed by atoms with Crippen LogP contribution in [0.5, 0.6) is 0 Å². The smallest absolute Gasteiger partial charge is 0.254 e. The molecule has 1 rings (SSSR count). The second-order valence-corrected chi connectivity index (χ2v) is 2.47. The second-order valence-electron chi connectivity index (χ2n) is 2.47. The van der Waals surface area contributed by atoms with Crippen molar-refractivity contribution >= 4 is 0 Å². The minimum Gasteiger partial charge on any atom is -0.377 e. The Kier molecular flexibility index (Phi) is 2.99. The van der Waals surface area contributed by atoms with Crippen LogP contribution >= 0.6 is 0 Å². The fraction of sp³-hybridized carbons (Fsp3) is 0.500. The molecular weight excluding hydrogens is 156 g/mol. The van der Waals surface area contributed by atoms with Crippen molar-refractivity contribution in [1.29, 1.82) is 0 Å². The molecule has 4 heteroatoms. The molecule has 4 nitrogen and oxygen atoms in total. The normalized spacial score (nSPS) is 10.2. The van der Waals surface area contributed by atoms with Crippen LogP contribution in [0.3, 0.4) is 0 Å². The summed E-state index contributed by atoms with van der Waals surface area (Å²) in [6.07, 6.45) is 2.29. The number of hydrogen-bond donors (Lipinski definition) is 1. The highest BCUT2D eigenvalue weighted by atomic mass is 16.5. The third-order valence-electron chi connectivity index (χ3n) is 1.59. The van der Waals surface area contributed by atoms with Gasteiger partial charge < -0.3 is 9.72 Å². The number of aromatic amines is 1. The number of aryl methyl sites for hydroxylation is 1. The summed E-state index contributed by atoms with van der Waals surface area (Å²) in [5.74, 6) is 0.569. The molecule has 1 heterocycles. The third-order valence-corrected chi connectivity index (χ3v) is 1.59. The standard InChI is InChI=1S/C8H12N2O2/c1-3-6-4-9-7(5-12-2)10-8(6)11/h4H,3,5H2,1-2H3,(H,9,10,11). The molecule has 0 fully saturated rings. The van der Waals surface area contributed by atoms with Crippen LogP contribution in [0.25, 0.3) is 0 Å². The van der Waals surface area contributed by atoms with Crippen LogP contribution in [-0.4, -0.2) is 17.1 Å². The first-order chi connectivity index (χ1) is 5.77. The first-order valence-electron chi connectivity index (χ1n) is 3.84. The van der Waals surface area contributed by atoms with E-state index in [0.29, 0.717) is 24.4 Å². The van der Waals surface area contributed by atoms with Gasteiger partial charge in [-0.25, -0.2) is 4.98 Å². The molecule has 1 aromatic rings. The molecule has 0 aromatic carbocycles. The van der Waals surface area contributed by atoms with Crippen LogP contribution in [0.4, 0.5) is 0 Å². The Labute approximate surface area is 70.6 Å². The maximum atomic E-state index is 11.2. The lowest BCUT2D eigenvalue weighted by atomic mass is 10.3. The monoisotopic (exact) mass is 168 g/mol. The Morgan fingerprint density at radius 3 is 2.92 bits per heavy atom. The molecule has 0 spiro atoms. The van der Waals surface area contributed by atoms with Gasteiger partial charge in [0, 0.05) is 18.9 Å². The van der Waals surface area contributed by atoms with Crippen LogP contribution in [0, 0.1) is 0 Å². The van der Waals surface area contributed by atoms with Crippen molar-refractivity contribution < 1.29 is 4.74 Å². The lowest BCUT2D eigenvalue weighted by Crippen LogP contribution is -2.15. The van der Waals surface area contributed by atoms with Gasteiger partial charge >= 0.3 is 0 Å². The zero-order valence-corrected chi connectivity index (χ0v) is 7.26. The van der Waals surface area contributed by atoms with E-state index < -0.39 is 0 Å². The molecular formula is C8H12N2O2. The Morgan fingerprint density at radius 2 is 2.42 bits per heavy atom. The van der Waals surface area contributed by atoms with Gasteiger partial charge in [-0.15, -0.1) is 0 Å². The van der Waals surface area contributed by atoms with E-state index in [-0.39, 0.29) is 5.56 Å². The predicted molar refractivity (Wildman–Crippen MR) is 44.9 cm³/mol. The van der Waals surface area contributed by atoms with Crippen molar-refractivity contribution in [2.45, 2.75) is 20.0 Å². The second kappa shape index (κ2) is 4.01. The highest BCUT2D eigenvalue weighted by Crippen LogP contribution is 1.91.